The molecule has 2 aromatic carbocycles. The molecule has 0 saturated carbocycles. The van der Waals surface area contributed by atoms with E-state index in [2.05, 4.69) is 51.8 Å². The Hall–Kier alpha value is -5.24. The van der Waals surface area contributed by atoms with Crippen molar-refractivity contribution in [1.82, 2.24) is 38.2 Å². The molecule has 14 nitrogen and oxygen atoms in total. The van der Waals surface area contributed by atoms with Crippen LogP contribution in [0.3, 0.4) is 0 Å². The van der Waals surface area contributed by atoms with Crippen molar-refractivity contribution in [3.8, 4) is 0 Å². The van der Waals surface area contributed by atoms with Gasteiger partial charge in [0.25, 0.3) is 11.1 Å². The summed E-state index contributed by atoms with van der Waals surface area (Å²) in [7, 11) is 3.04. The van der Waals surface area contributed by atoms with Crippen molar-refractivity contribution in [3.63, 3.8) is 0 Å². The number of carbonyl (C=O) groups is 2. The summed E-state index contributed by atoms with van der Waals surface area (Å²) in [6, 6.07) is 6.23. The largest absolute Gasteiger partial charge is 0.308 e. The molecule has 2 aliphatic heterocycles. The van der Waals surface area contributed by atoms with E-state index >= 15 is 0 Å². The van der Waals surface area contributed by atoms with Crippen molar-refractivity contribution in [2.75, 3.05) is 23.9 Å². The molecule has 6 heterocycles. The molecule has 0 atom stereocenters. The summed E-state index contributed by atoms with van der Waals surface area (Å²) < 4.78 is 60.6. The zero-order valence-corrected chi connectivity index (χ0v) is 28.8. The monoisotopic (exact) mass is 818 g/mol. The molecule has 256 valence electrons. The topological polar surface area (TPSA) is 146 Å². The fourth-order valence-corrected chi connectivity index (χ4v) is 6.52. The number of hydrogen-bond acceptors (Lipinski definition) is 8. The number of anilines is 2. The summed E-state index contributed by atoms with van der Waals surface area (Å²) in [6.45, 7) is -0.406. The molecule has 20 heteroatoms. The van der Waals surface area contributed by atoms with E-state index in [1.807, 2.05) is 0 Å². The number of carbonyl (C=O) groups excluding carboxylic acids is 2. The molecule has 0 aliphatic carbocycles. The van der Waals surface area contributed by atoms with Gasteiger partial charge in [0, 0.05) is 25.2 Å². The smallest absolute Gasteiger partial charge is 0.283 e. The predicted molar refractivity (Wildman–Crippen MR) is 177 cm³/mol. The number of likely N-dealkylation sites (N-methyl/N-ethyl adjacent to an activating group) is 2. The highest BCUT2D eigenvalue weighted by Crippen LogP contribution is 2.26. The van der Waals surface area contributed by atoms with Gasteiger partial charge in [-0.05, 0) is 68.3 Å². The first-order valence-electron chi connectivity index (χ1n) is 14.5. The lowest BCUT2D eigenvalue weighted by Crippen LogP contribution is -2.22. The molecule has 50 heavy (non-hydrogen) atoms. The molecule has 0 saturated heterocycles. The first-order chi connectivity index (χ1) is 23.7. The highest BCUT2D eigenvalue weighted by atomic mass is 79.9. The van der Waals surface area contributed by atoms with Gasteiger partial charge in [-0.1, -0.05) is 0 Å². The zero-order valence-electron chi connectivity index (χ0n) is 25.7. The van der Waals surface area contributed by atoms with Crippen LogP contribution in [-0.4, -0.2) is 64.1 Å². The van der Waals surface area contributed by atoms with Gasteiger partial charge in [-0.2, -0.15) is 9.97 Å². The summed E-state index contributed by atoms with van der Waals surface area (Å²) >= 11 is 6.45. The van der Waals surface area contributed by atoms with Crippen molar-refractivity contribution in [3.05, 3.63) is 101 Å². The first-order valence-corrected chi connectivity index (χ1v) is 16.1. The van der Waals surface area contributed by atoms with Gasteiger partial charge in [0.2, 0.25) is 23.7 Å². The fourth-order valence-electron chi connectivity index (χ4n) is 5.58. The van der Waals surface area contributed by atoms with Crippen molar-refractivity contribution in [2.45, 2.75) is 26.2 Å². The number of nitrogens with zero attached hydrogens (tertiary/aromatic N) is 10. The molecule has 0 bridgehead atoms. The number of halogens is 6. The van der Waals surface area contributed by atoms with E-state index in [0.29, 0.717) is 0 Å². The Labute approximate surface area is 293 Å². The van der Waals surface area contributed by atoms with Crippen LogP contribution < -0.4 is 20.9 Å². The summed E-state index contributed by atoms with van der Waals surface area (Å²) in [5.41, 5.74) is -0.290. The highest BCUT2D eigenvalue weighted by Gasteiger charge is 2.31. The van der Waals surface area contributed by atoms with Crippen LogP contribution in [0.15, 0.2) is 55.5 Å². The van der Waals surface area contributed by atoms with E-state index in [-0.39, 0.29) is 92.8 Å². The number of rotatable bonds is 4. The van der Waals surface area contributed by atoms with Crippen LogP contribution in [0.5, 0.6) is 0 Å². The van der Waals surface area contributed by atoms with Gasteiger partial charge >= 0.3 is 0 Å². The SMILES string of the molecule is CN1C(=O)Cn2c1nc1c(nc(Br)n1Cc1cc(F)ccc1F)c2=O.CN1C(=O)Cn2c1nc1nc(Br)n(Cc3cc(F)ccc3F)c1c2=O. The third kappa shape index (κ3) is 5.47. The molecule has 4 aromatic heterocycles. The van der Waals surface area contributed by atoms with Gasteiger partial charge in [0.1, 0.15) is 36.4 Å². The minimum absolute atomic E-state index is 0.0514. The second-order valence-electron chi connectivity index (χ2n) is 11.3. The molecule has 2 amide bonds. The van der Waals surface area contributed by atoms with E-state index in [1.165, 1.54) is 42.2 Å². The van der Waals surface area contributed by atoms with E-state index in [0.717, 1.165) is 36.4 Å². The van der Waals surface area contributed by atoms with Crippen LogP contribution in [0.1, 0.15) is 11.1 Å². The Balaban J connectivity index is 0.000000157. The van der Waals surface area contributed by atoms with Gasteiger partial charge in [0.05, 0.1) is 13.1 Å². The summed E-state index contributed by atoms with van der Waals surface area (Å²) in [6.07, 6.45) is 0. The number of fused-ring (bicyclic) bond motifs is 4. The molecule has 0 spiro atoms. The third-order valence-corrected chi connectivity index (χ3v) is 9.41. The number of imidazole rings is 2. The highest BCUT2D eigenvalue weighted by molar-refractivity contribution is 9.10. The second kappa shape index (κ2) is 12.3. The van der Waals surface area contributed by atoms with E-state index in [4.69, 9.17) is 0 Å². The first kappa shape index (κ1) is 33.3. The summed E-state index contributed by atoms with van der Waals surface area (Å²) in [5, 5.41) is 0. The van der Waals surface area contributed by atoms with Crippen LogP contribution in [-0.2, 0) is 35.8 Å². The maximum absolute atomic E-state index is 14.0. The van der Waals surface area contributed by atoms with Crippen molar-refractivity contribution in [1.29, 1.82) is 0 Å². The number of amides is 2. The van der Waals surface area contributed by atoms with Crippen molar-refractivity contribution < 1.29 is 27.2 Å². The average Bonchev–Trinajstić information content (AvgIpc) is 3.75. The lowest BCUT2D eigenvalue weighted by Gasteiger charge is -2.10. The van der Waals surface area contributed by atoms with Crippen LogP contribution in [0.2, 0.25) is 0 Å². The second-order valence-corrected chi connectivity index (χ2v) is 12.7. The fraction of sp³-hybridized carbons (Fsp3) is 0.200. The lowest BCUT2D eigenvalue weighted by atomic mass is 10.2. The van der Waals surface area contributed by atoms with E-state index in [9.17, 15) is 36.7 Å². The molecule has 0 unspecified atom stereocenters. The van der Waals surface area contributed by atoms with Crippen LogP contribution in [0.4, 0.5) is 29.5 Å². The minimum Gasteiger partial charge on any atom is -0.308 e. The van der Waals surface area contributed by atoms with E-state index < -0.39 is 34.4 Å². The third-order valence-electron chi connectivity index (χ3n) is 8.19. The molecule has 0 N–H and O–H groups in total. The summed E-state index contributed by atoms with van der Waals surface area (Å²) in [5.74, 6) is -2.47. The Morgan fingerprint density at radius 1 is 0.660 bits per heavy atom. The van der Waals surface area contributed by atoms with E-state index in [1.54, 1.807) is 0 Å². The normalized spacial score (nSPS) is 13.8. The minimum atomic E-state index is -0.598. The van der Waals surface area contributed by atoms with Gasteiger partial charge in [-0.15, -0.1) is 0 Å². The Kier molecular flexibility index (Phi) is 8.16. The lowest BCUT2D eigenvalue weighted by molar-refractivity contribution is -0.118. The Morgan fingerprint density at radius 3 is 1.74 bits per heavy atom. The molecular formula is C30H20Br2F4N10O4. The van der Waals surface area contributed by atoms with Crippen molar-refractivity contribution in [2.24, 2.45) is 0 Å². The van der Waals surface area contributed by atoms with Gasteiger partial charge in [-0.3, -0.25) is 42.7 Å². The zero-order chi connectivity index (χ0) is 35.8. The Bertz CT molecular complexity index is 2560. The molecule has 0 fully saturated rings. The van der Waals surface area contributed by atoms with Gasteiger partial charge < -0.3 is 4.57 Å². The number of aromatic nitrogens is 8. The molecule has 0 radical (unpaired) electrons. The average molecular weight is 820 g/mol. The van der Waals surface area contributed by atoms with Crippen LogP contribution in [0.25, 0.3) is 22.3 Å². The Morgan fingerprint density at radius 2 is 1.16 bits per heavy atom. The van der Waals surface area contributed by atoms with Crippen LogP contribution in [0, 0.1) is 23.3 Å². The number of benzene rings is 2. The standard InChI is InChI=1S/2C15H10BrF2N5O2/c1-21-10(24)6-23-13(25)11-12(20-15(21)23)19-14(16)22(11)5-7-4-8(17)2-3-9(7)18;1-21-10(24)6-23-13(25)11-12(20-15(21)23)22(14(16)19-11)5-7-4-8(17)2-3-9(7)18/h2*2-4H,5-6H2,1H3. The van der Waals surface area contributed by atoms with Gasteiger partial charge in [0.15, 0.2) is 31.8 Å². The summed E-state index contributed by atoms with van der Waals surface area (Å²) in [4.78, 5) is 68.4. The molecule has 6 aromatic rings. The maximum atomic E-state index is 14.0. The van der Waals surface area contributed by atoms with Crippen LogP contribution >= 0.6 is 31.9 Å². The van der Waals surface area contributed by atoms with Crippen molar-refractivity contribution >= 4 is 77.9 Å². The quantitative estimate of drug-likeness (QED) is 0.195. The molecule has 8 rings (SSSR count). The number of hydrogen-bond donors (Lipinski definition) is 0. The van der Waals surface area contributed by atoms with Gasteiger partial charge in [-0.25, -0.2) is 27.5 Å². The molecular weight excluding hydrogens is 800 g/mol. The predicted octanol–water partition coefficient (Wildman–Crippen LogP) is 3.32. The molecule has 2 aliphatic rings. The maximum Gasteiger partial charge on any atom is 0.283 e.